The predicted molar refractivity (Wildman–Crippen MR) is 111 cm³/mol. The van der Waals surface area contributed by atoms with Gasteiger partial charge in [-0.05, 0) is 48.2 Å². The van der Waals surface area contributed by atoms with E-state index in [1.807, 2.05) is 0 Å². The van der Waals surface area contributed by atoms with Crippen molar-refractivity contribution in [1.82, 2.24) is 9.62 Å². The van der Waals surface area contributed by atoms with Crippen LogP contribution in [0.3, 0.4) is 0 Å². The zero-order chi connectivity index (χ0) is 23.3. The highest BCUT2D eigenvalue weighted by atomic mass is 32.2. The van der Waals surface area contributed by atoms with Gasteiger partial charge in [0.15, 0.2) is 0 Å². The average Bonchev–Trinajstić information content (AvgIpc) is 2.81. The quantitative estimate of drug-likeness (QED) is 0.726. The van der Waals surface area contributed by atoms with Gasteiger partial charge in [-0.1, -0.05) is 18.2 Å². The number of amides is 2. The molecule has 0 saturated carbocycles. The Morgan fingerprint density at radius 1 is 1.09 bits per heavy atom. The van der Waals surface area contributed by atoms with Crippen LogP contribution in [0.15, 0.2) is 42.5 Å². The molecular weight excluding hydrogens is 447 g/mol. The summed E-state index contributed by atoms with van der Waals surface area (Å²) in [4.78, 5) is 27.4. The lowest BCUT2D eigenvalue weighted by Gasteiger charge is -2.37. The highest BCUT2D eigenvalue weighted by Gasteiger charge is 2.40. The molecule has 7 nitrogen and oxygen atoms in total. The summed E-state index contributed by atoms with van der Waals surface area (Å²) >= 11 is 0. The van der Waals surface area contributed by atoms with Crippen LogP contribution in [0.5, 0.6) is 0 Å². The van der Waals surface area contributed by atoms with E-state index in [1.54, 1.807) is 6.07 Å². The number of hydrogen-bond acceptors (Lipinski definition) is 4. The Kier molecular flexibility index (Phi) is 5.49. The fourth-order valence-corrected chi connectivity index (χ4v) is 4.94. The van der Waals surface area contributed by atoms with Crippen molar-refractivity contribution >= 4 is 27.5 Å². The van der Waals surface area contributed by atoms with E-state index in [2.05, 4.69) is 10.0 Å². The lowest BCUT2D eigenvalue weighted by atomic mass is 9.96. The molecule has 11 heteroatoms. The van der Waals surface area contributed by atoms with Crippen molar-refractivity contribution in [2.24, 2.45) is 0 Å². The highest BCUT2D eigenvalue weighted by Crippen LogP contribution is 2.35. The van der Waals surface area contributed by atoms with E-state index in [4.69, 9.17) is 0 Å². The van der Waals surface area contributed by atoms with Crippen molar-refractivity contribution in [2.45, 2.75) is 31.1 Å². The zero-order valence-electron chi connectivity index (χ0n) is 16.9. The van der Waals surface area contributed by atoms with Crippen LogP contribution >= 0.6 is 0 Å². The number of rotatable bonds is 3. The van der Waals surface area contributed by atoms with Crippen LogP contribution in [-0.4, -0.2) is 50.0 Å². The number of benzene rings is 2. The van der Waals surface area contributed by atoms with Crippen LogP contribution < -0.4 is 10.0 Å². The Balaban J connectivity index is 1.66. The Morgan fingerprint density at radius 3 is 2.50 bits per heavy atom. The minimum absolute atomic E-state index is 0.124. The van der Waals surface area contributed by atoms with Gasteiger partial charge >= 0.3 is 6.18 Å². The van der Waals surface area contributed by atoms with Crippen LogP contribution in [0.25, 0.3) is 11.1 Å². The molecule has 170 valence electrons. The van der Waals surface area contributed by atoms with Gasteiger partial charge in [-0.15, -0.1) is 0 Å². The number of carbonyl (C=O) groups excluding carboxylic acids is 2. The highest BCUT2D eigenvalue weighted by molar-refractivity contribution is 7.88. The maximum absolute atomic E-state index is 13.2. The fraction of sp³-hybridized carbons (Fsp3) is 0.333. The van der Waals surface area contributed by atoms with E-state index >= 15 is 0 Å². The van der Waals surface area contributed by atoms with Gasteiger partial charge in [-0.25, -0.2) is 13.1 Å². The Bertz CT molecular complexity index is 1200. The number of hydrogen-bond donors (Lipinski definition) is 2. The molecule has 2 amide bonds. The molecule has 32 heavy (non-hydrogen) atoms. The Labute approximate surface area is 182 Å². The third-order valence-electron chi connectivity index (χ3n) is 5.58. The molecule has 2 aromatic carbocycles. The summed E-state index contributed by atoms with van der Waals surface area (Å²) in [6, 6.07) is 7.95. The van der Waals surface area contributed by atoms with Crippen LogP contribution in [0.4, 0.5) is 18.9 Å². The lowest BCUT2D eigenvalue weighted by Crippen LogP contribution is -2.54. The molecule has 0 spiro atoms. The summed E-state index contributed by atoms with van der Waals surface area (Å²) in [6.07, 6.45) is -3.00. The van der Waals surface area contributed by atoms with Crippen molar-refractivity contribution in [3.8, 4) is 11.1 Å². The number of carbonyl (C=O) groups is 2. The molecule has 2 heterocycles. The number of nitrogens with zero attached hydrogens (tertiary/aromatic N) is 1. The SMILES string of the molecule is CS(=O)(=O)NC1CCN2C(=O)c3cc(-c4cccc(C(F)(F)F)c4)ccc3NC(=O)C2C1. The molecule has 0 radical (unpaired) electrons. The fourth-order valence-electron chi connectivity index (χ4n) is 4.12. The smallest absolute Gasteiger partial charge is 0.326 e. The second-order valence-corrected chi connectivity index (χ2v) is 9.73. The van der Waals surface area contributed by atoms with Crippen molar-refractivity contribution in [2.75, 3.05) is 18.1 Å². The van der Waals surface area contributed by atoms with E-state index in [0.717, 1.165) is 18.4 Å². The predicted octanol–water partition coefficient (Wildman–Crippen LogP) is 2.85. The first-order valence-electron chi connectivity index (χ1n) is 9.83. The van der Waals surface area contributed by atoms with Crippen molar-refractivity contribution < 1.29 is 31.2 Å². The average molecular weight is 467 g/mol. The van der Waals surface area contributed by atoms with E-state index in [-0.39, 0.29) is 24.2 Å². The monoisotopic (exact) mass is 467 g/mol. The van der Waals surface area contributed by atoms with Crippen LogP contribution in [-0.2, 0) is 21.0 Å². The molecule has 2 unspecified atom stereocenters. The van der Waals surface area contributed by atoms with E-state index < -0.39 is 45.7 Å². The molecule has 2 N–H and O–H groups in total. The maximum atomic E-state index is 13.2. The van der Waals surface area contributed by atoms with Gasteiger partial charge < -0.3 is 10.2 Å². The van der Waals surface area contributed by atoms with Crippen LogP contribution in [0.1, 0.15) is 28.8 Å². The first-order valence-corrected chi connectivity index (χ1v) is 11.7. The van der Waals surface area contributed by atoms with Gasteiger partial charge in [0.25, 0.3) is 5.91 Å². The van der Waals surface area contributed by atoms with Gasteiger partial charge in [0.1, 0.15) is 6.04 Å². The number of nitrogens with one attached hydrogen (secondary N) is 2. The normalized spacial score (nSPS) is 21.4. The first-order chi connectivity index (χ1) is 14.9. The Morgan fingerprint density at radius 2 is 1.81 bits per heavy atom. The minimum Gasteiger partial charge on any atom is -0.326 e. The van der Waals surface area contributed by atoms with E-state index in [1.165, 1.54) is 29.2 Å². The molecule has 2 aromatic rings. The molecule has 4 rings (SSSR count). The number of fused-ring (bicyclic) bond motifs is 2. The number of alkyl halides is 3. The number of anilines is 1. The van der Waals surface area contributed by atoms with Crippen molar-refractivity contribution in [1.29, 1.82) is 0 Å². The van der Waals surface area contributed by atoms with E-state index in [9.17, 15) is 31.2 Å². The largest absolute Gasteiger partial charge is 0.416 e. The minimum atomic E-state index is -4.50. The molecule has 0 aromatic heterocycles. The second-order valence-electron chi connectivity index (χ2n) is 7.95. The molecule has 0 bridgehead atoms. The molecule has 1 saturated heterocycles. The molecule has 2 aliphatic heterocycles. The Hall–Kier alpha value is -2.92. The first kappa shape index (κ1) is 22.3. The zero-order valence-corrected chi connectivity index (χ0v) is 17.8. The number of piperidine rings is 1. The summed E-state index contributed by atoms with van der Waals surface area (Å²) in [5.41, 5.74) is 0.330. The van der Waals surface area contributed by atoms with Gasteiger partial charge in [0, 0.05) is 12.6 Å². The van der Waals surface area contributed by atoms with Gasteiger partial charge in [-0.2, -0.15) is 13.2 Å². The topological polar surface area (TPSA) is 95.6 Å². The lowest BCUT2D eigenvalue weighted by molar-refractivity contribution is -0.137. The van der Waals surface area contributed by atoms with Gasteiger partial charge in [0.05, 0.1) is 23.1 Å². The van der Waals surface area contributed by atoms with Gasteiger partial charge in [-0.3, -0.25) is 9.59 Å². The van der Waals surface area contributed by atoms with Crippen LogP contribution in [0.2, 0.25) is 0 Å². The summed E-state index contributed by atoms with van der Waals surface area (Å²) in [6.45, 7) is 0.164. The summed E-state index contributed by atoms with van der Waals surface area (Å²) in [5, 5.41) is 2.69. The number of sulfonamides is 1. The molecule has 0 aliphatic carbocycles. The second kappa shape index (κ2) is 7.89. The number of halogens is 3. The molecule has 2 atom stereocenters. The third-order valence-corrected chi connectivity index (χ3v) is 6.34. The molecular formula is C21H20F3N3O4S. The molecule has 1 fully saturated rings. The van der Waals surface area contributed by atoms with Gasteiger partial charge in [0.2, 0.25) is 15.9 Å². The van der Waals surface area contributed by atoms with E-state index in [0.29, 0.717) is 17.5 Å². The molecule has 2 aliphatic rings. The summed E-state index contributed by atoms with van der Waals surface area (Å²) in [7, 11) is -3.47. The van der Waals surface area contributed by atoms with Crippen molar-refractivity contribution in [3.05, 3.63) is 53.6 Å². The third kappa shape index (κ3) is 4.49. The standard InChI is InChI=1S/C21H20F3N3O4S/c1-32(30,31)26-15-7-8-27-18(11-15)19(28)25-17-6-5-13(10-16(17)20(27)29)12-3-2-4-14(9-12)21(22,23)24/h2-6,9-10,15,18,26H,7-8,11H2,1H3,(H,25,28). The van der Waals surface area contributed by atoms with Crippen LogP contribution in [0, 0.1) is 0 Å². The summed E-state index contributed by atoms with van der Waals surface area (Å²) < 4.78 is 64.8. The summed E-state index contributed by atoms with van der Waals surface area (Å²) in [5.74, 6) is -0.876. The maximum Gasteiger partial charge on any atom is 0.416 e. The van der Waals surface area contributed by atoms with Crippen molar-refractivity contribution in [3.63, 3.8) is 0 Å².